The summed E-state index contributed by atoms with van der Waals surface area (Å²) in [6.07, 6.45) is 1.75. The molecule has 1 saturated heterocycles. The van der Waals surface area contributed by atoms with Crippen LogP contribution < -0.4 is 4.90 Å². The summed E-state index contributed by atoms with van der Waals surface area (Å²) in [7, 11) is -0.00684. The van der Waals surface area contributed by atoms with Crippen molar-refractivity contribution in [3.05, 3.63) is 63.5 Å². The molecule has 0 aliphatic carbocycles. The van der Waals surface area contributed by atoms with Crippen LogP contribution in [0, 0.1) is 0 Å². The van der Waals surface area contributed by atoms with Gasteiger partial charge in [-0.15, -0.1) is 4.40 Å². The van der Waals surface area contributed by atoms with Crippen LogP contribution >= 0.6 is 27.7 Å². The molecule has 6 nitrogen and oxygen atoms in total. The lowest BCUT2D eigenvalue weighted by Crippen LogP contribution is -2.29. The van der Waals surface area contributed by atoms with Crippen molar-refractivity contribution >= 4 is 60.6 Å². The standard InChI is InChI=1S/C20H20BrN3O3S2/c1-4-24-19(25)18(13-14-5-9-16(10-6-14)23(2)3)28-20(24)22-29(26,27)17-11-7-15(21)8-12-17/h5-13H,4H2,1-3H3/b18-13-,22-20+. The fourth-order valence-corrected chi connectivity index (χ4v) is 5.15. The van der Waals surface area contributed by atoms with Gasteiger partial charge in [-0.05, 0) is 66.7 Å². The van der Waals surface area contributed by atoms with Crippen LogP contribution in [0.3, 0.4) is 0 Å². The van der Waals surface area contributed by atoms with Crippen molar-refractivity contribution in [2.24, 2.45) is 4.40 Å². The number of nitrogens with zero attached hydrogens (tertiary/aromatic N) is 3. The zero-order valence-electron chi connectivity index (χ0n) is 16.2. The van der Waals surface area contributed by atoms with Crippen molar-refractivity contribution < 1.29 is 13.2 Å². The van der Waals surface area contributed by atoms with Crippen LogP contribution in [0.5, 0.6) is 0 Å². The predicted octanol–water partition coefficient (Wildman–Crippen LogP) is 4.20. The Bertz CT molecular complexity index is 1080. The largest absolute Gasteiger partial charge is 0.378 e. The molecule has 0 unspecified atom stereocenters. The fraction of sp³-hybridized carbons (Fsp3) is 0.200. The molecule has 1 fully saturated rings. The van der Waals surface area contributed by atoms with Crippen molar-refractivity contribution in [2.75, 3.05) is 25.5 Å². The van der Waals surface area contributed by atoms with Gasteiger partial charge in [0.15, 0.2) is 5.17 Å². The van der Waals surface area contributed by atoms with Gasteiger partial charge in [-0.1, -0.05) is 28.1 Å². The lowest BCUT2D eigenvalue weighted by molar-refractivity contribution is -0.122. The van der Waals surface area contributed by atoms with Gasteiger partial charge in [-0.25, -0.2) is 0 Å². The molecule has 3 rings (SSSR count). The fourth-order valence-electron chi connectivity index (χ4n) is 2.64. The number of likely N-dealkylation sites (N-methyl/N-ethyl adjacent to an activating group) is 1. The number of sulfonamides is 1. The molecule has 2 aromatic rings. The van der Waals surface area contributed by atoms with Crippen LogP contribution in [0.1, 0.15) is 12.5 Å². The lowest BCUT2D eigenvalue weighted by Gasteiger charge is -2.12. The monoisotopic (exact) mass is 493 g/mol. The van der Waals surface area contributed by atoms with E-state index >= 15 is 0 Å². The summed E-state index contributed by atoms with van der Waals surface area (Å²) in [5.74, 6) is -0.251. The van der Waals surface area contributed by atoms with Crippen LogP contribution in [0.15, 0.2) is 67.2 Å². The molecular formula is C20H20BrN3O3S2. The zero-order valence-corrected chi connectivity index (χ0v) is 19.4. The van der Waals surface area contributed by atoms with Gasteiger partial charge < -0.3 is 4.90 Å². The summed E-state index contributed by atoms with van der Waals surface area (Å²) in [5.41, 5.74) is 1.91. The van der Waals surface area contributed by atoms with E-state index in [1.165, 1.54) is 17.0 Å². The summed E-state index contributed by atoms with van der Waals surface area (Å²) in [4.78, 5) is 16.6. The predicted molar refractivity (Wildman–Crippen MR) is 122 cm³/mol. The van der Waals surface area contributed by atoms with Crippen LogP contribution in [-0.4, -0.2) is 45.0 Å². The molecule has 0 N–H and O–H groups in total. The molecule has 0 radical (unpaired) electrons. The third-order valence-corrected chi connectivity index (χ3v) is 7.15. The van der Waals surface area contributed by atoms with E-state index in [2.05, 4.69) is 20.3 Å². The van der Waals surface area contributed by atoms with Crippen LogP contribution in [0.4, 0.5) is 5.69 Å². The molecule has 0 spiro atoms. The Kier molecular flexibility index (Phi) is 6.50. The number of anilines is 1. The molecule has 1 heterocycles. The summed E-state index contributed by atoms with van der Waals surface area (Å²) < 4.78 is 30.0. The summed E-state index contributed by atoms with van der Waals surface area (Å²) in [6, 6.07) is 14.0. The van der Waals surface area contributed by atoms with Gasteiger partial charge in [0.1, 0.15) is 0 Å². The van der Waals surface area contributed by atoms with Crippen LogP contribution in [-0.2, 0) is 14.8 Å². The van der Waals surface area contributed by atoms with Crippen LogP contribution in [0.2, 0.25) is 0 Å². The molecular weight excluding hydrogens is 474 g/mol. The van der Waals surface area contributed by atoms with Gasteiger partial charge in [-0.3, -0.25) is 9.69 Å². The number of thioether (sulfide) groups is 1. The van der Waals surface area contributed by atoms with E-state index in [4.69, 9.17) is 0 Å². The number of halogens is 1. The van der Waals surface area contributed by atoms with Gasteiger partial charge in [0.05, 0.1) is 9.80 Å². The first-order valence-electron chi connectivity index (χ1n) is 8.80. The van der Waals surface area contributed by atoms with E-state index in [0.717, 1.165) is 27.5 Å². The highest BCUT2D eigenvalue weighted by Crippen LogP contribution is 2.33. The number of carbonyl (C=O) groups excluding carboxylic acids is 1. The van der Waals surface area contributed by atoms with E-state index in [0.29, 0.717) is 11.4 Å². The molecule has 9 heteroatoms. The molecule has 0 atom stereocenters. The second-order valence-electron chi connectivity index (χ2n) is 6.45. The van der Waals surface area contributed by atoms with E-state index in [1.54, 1.807) is 25.1 Å². The van der Waals surface area contributed by atoms with Gasteiger partial charge in [0, 0.05) is 30.8 Å². The van der Waals surface area contributed by atoms with Crippen molar-refractivity contribution in [3.63, 3.8) is 0 Å². The topological polar surface area (TPSA) is 70.1 Å². The maximum Gasteiger partial charge on any atom is 0.284 e. The average molecular weight is 494 g/mol. The molecule has 1 amide bonds. The highest BCUT2D eigenvalue weighted by atomic mass is 79.9. The number of hydrogen-bond donors (Lipinski definition) is 0. The molecule has 152 valence electrons. The maximum absolute atomic E-state index is 12.7. The maximum atomic E-state index is 12.7. The van der Waals surface area contributed by atoms with Crippen LogP contribution in [0.25, 0.3) is 6.08 Å². The first-order chi connectivity index (χ1) is 13.7. The minimum atomic E-state index is -3.92. The quantitative estimate of drug-likeness (QED) is 0.583. The highest BCUT2D eigenvalue weighted by molar-refractivity contribution is 9.10. The Labute approximate surface area is 183 Å². The molecule has 0 aromatic heterocycles. The average Bonchev–Trinajstić information content (AvgIpc) is 2.96. The molecule has 1 aliphatic heterocycles. The number of benzene rings is 2. The Morgan fingerprint density at radius 3 is 2.28 bits per heavy atom. The van der Waals surface area contributed by atoms with Gasteiger partial charge in [-0.2, -0.15) is 8.42 Å². The number of rotatable bonds is 5. The van der Waals surface area contributed by atoms with E-state index < -0.39 is 10.0 Å². The summed E-state index contributed by atoms with van der Waals surface area (Å²) in [6.45, 7) is 2.12. The molecule has 2 aromatic carbocycles. The van der Waals surface area contributed by atoms with E-state index in [9.17, 15) is 13.2 Å². The third kappa shape index (κ3) is 4.91. The summed E-state index contributed by atoms with van der Waals surface area (Å²) >= 11 is 4.35. The lowest BCUT2D eigenvalue weighted by atomic mass is 10.2. The SMILES string of the molecule is CCN1C(=O)/C(=C/c2ccc(N(C)C)cc2)S/C1=N/S(=O)(=O)c1ccc(Br)cc1. The number of amidine groups is 1. The normalized spacial score (nSPS) is 17.4. The van der Waals surface area contributed by atoms with Gasteiger partial charge in [0.25, 0.3) is 15.9 Å². The van der Waals surface area contributed by atoms with E-state index in [1.807, 2.05) is 43.3 Å². The molecule has 1 aliphatic rings. The minimum absolute atomic E-state index is 0.0778. The first kappa shape index (κ1) is 21.6. The van der Waals surface area contributed by atoms with E-state index in [-0.39, 0.29) is 16.0 Å². The first-order valence-corrected chi connectivity index (χ1v) is 11.9. The van der Waals surface area contributed by atoms with Crippen molar-refractivity contribution in [1.82, 2.24) is 4.90 Å². The second kappa shape index (κ2) is 8.73. The number of hydrogen-bond acceptors (Lipinski definition) is 5. The Hall–Kier alpha value is -2.10. The Morgan fingerprint density at radius 2 is 1.72 bits per heavy atom. The highest BCUT2D eigenvalue weighted by Gasteiger charge is 2.34. The number of carbonyl (C=O) groups is 1. The summed E-state index contributed by atoms with van der Waals surface area (Å²) in [5, 5.41) is 0.164. The minimum Gasteiger partial charge on any atom is -0.378 e. The molecule has 29 heavy (non-hydrogen) atoms. The molecule has 0 saturated carbocycles. The zero-order chi connectivity index (χ0) is 21.2. The Morgan fingerprint density at radius 1 is 1.10 bits per heavy atom. The van der Waals surface area contributed by atoms with Gasteiger partial charge in [0.2, 0.25) is 0 Å². The smallest absolute Gasteiger partial charge is 0.284 e. The molecule has 0 bridgehead atoms. The Balaban J connectivity index is 1.92. The second-order valence-corrected chi connectivity index (χ2v) is 9.98. The van der Waals surface area contributed by atoms with Crippen molar-refractivity contribution in [1.29, 1.82) is 0 Å². The third-order valence-electron chi connectivity index (χ3n) is 4.22. The van der Waals surface area contributed by atoms with Crippen molar-refractivity contribution in [2.45, 2.75) is 11.8 Å². The van der Waals surface area contributed by atoms with Crippen molar-refractivity contribution in [3.8, 4) is 0 Å². The number of amides is 1. The van der Waals surface area contributed by atoms with Gasteiger partial charge >= 0.3 is 0 Å².